The van der Waals surface area contributed by atoms with Crippen molar-refractivity contribution >= 4 is 13.1 Å². The summed E-state index contributed by atoms with van der Waals surface area (Å²) in [6.07, 6.45) is 4.22. The fourth-order valence-electron chi connectivity index (χ4n) is 5.01. The van der Waals surface area contributed by atoms with Crippen molar-refractivity contribution in [1.29, 1.82) is 0 Å². The van der Waals surface area contributed by atoms with E-state index in [-0.39, 0.29) is 18.3 Å². The topological polar surface area (TPSA) is 116 Å². The van der Waals surface area contributed by atoms with E-state index in [4.69, 9.17) is 15.8 Å². The predicted molar refractivity (Wildman–Crippen MR) is 121 cm³/mol. The van der Waals surface area contributed by atoms with E-state index in [1.165, 1.54) is 27.8 Å². The molecule has 6 N–H and O–H groups in total. The maximum atomic E-state index is 11.8. The number of nitrogens with two attached hydrogens (primary N) is 1. The molecule has 4 rings (SSSR count). The normalized spacial score (nSPS) is 21.0. The van der Waals surface area contributed by atoms with Gasteiger partial charge in [0, 0.05) is 12.6 Å². The molecule has 0 radical (unpaired) electrons. The second-order valence-corrected chi connectivity index (χ2v) is 9.14. The van der Waals surface area contributed by atoms with Gasteiger partial charge in [-0.1, -0.05) is 55.3 Å². The number of aliphatic carboxylic acids is 1. The van der Waals surface area contributed by atoms with Crippen molar-refractivity contribution in [2.75, 3.05) is 0 Å². The Balaban J connectivity index is 1.27. The summed E-state index contributed by atoms with van der Waals surface area (Å²) in [5.41, 5.74) is 11.7. The number of carboxylic acids is 1. The Hall–Kier alpha value is -2.19. The molecule has 1 fully saturated rings. The van der Waals surface area contributed by atoms with Crippen LogP contribution in [0.15, 0.2) is 42.5 Å². The molecular weight excluding hydrogens is 391 g/mol. The molecular formula is C24H31BN2O4. The third-order valence-electron chi connectivity index (χ3n) is 7.02. The van der Waals surface area contributed by atoms with Crippen molar-refractivity contribution in [1.82, 2.24) is 5.32 Å². The summed E-state index contributed by atoms with van der Waals surface area (Å²) in [4.78, 5) is 11.8. The van der Waals surface area contributed by atoms with Gasteiger partial charge in [-0.05, 0) is 65.7 Å². The number of hydrogen-bond acceptors (Lipinski definition) is 5. The van der Waals surface area contributed by atoms with Crippen molar-refractivity contribution in [3.63, 3.8) is 0 Å². The second-order valence-electron chi connectivity index (χ2n) is 9.14. The van der Waals surface area contributed by atoms with Gasteiger partial charge in [-0.25, -0.2) is 0 Å². The number of benzene rings is 2. The van der Waals surface area contributed by atoms with Gasteiger partial charge in [0.1, 0.15) is 5.54 Å². The highest BCUT2D eigenvalue weighted by molar-refractivity contribution is 6.40. The van der Waals surface area contributed by atoms with Gasteiger partial charge in [-0.15, -0.1) is 0 Å². The van der Waals surface area contributed by atoms with Gasteiger partial charge in [-0.3, -0.25) is 4.79 Å². The number of carboxylic acid groups (broad SMARTS) is 1. The van der Waals surface area contributed by atoms with E-state index in [9.17, 15) is 9.90 Å². The Labute approximate surface area is 183 Å². The second kappa shape index (κ2) is 9.13. The lowest BCUT2D eigenvalue weighted by Crippen LogP contribution is -2.61. The van der Waals surface area contributed by atoms with Crippen molar-refractivity contribution in [2.45, 2.75) is 63.0 Å². The molecule has 0 heterocycles. The molecule has 2 aromatic rings. The van der Waals surface area contributed by atoms with E-state index in [1.54, 1.807) is 0 Å². The van der Waals surface area contributed by atoms with Crippen LogP contribution in [-0.4, -0.2) is 39.8 Å². The van der Waals surface area contributed by atoms with Crippen LogP contribution in [0.2, 0.25) is 6.32 Å². The van der Waals surface area contributed by atoms with Crippen LogP contribution in [0.3, 0.4) is 0 Å². The largest absolute Gasteiger partial charge is 0.480 e. The summed E-state index contributed by atoms with van der Waals surface area (Å²) in [6.45, 7) is 0.764. The van der Waals surface area contributed by atoms with Crippen LogP contribution in [0.25, 0.3) is 11.1 Å². The number of rotatable bonds is 10. The average Bonchev–Trinajstić information content (AvgIpc) is 3.07. The lowest BCUT2D eigenvalue weighted by atomic mass is 9.66. The van der Waals surface area contributed by atoms with E-state index >= 15 is 0 Å². The minimum absolute atomic E-state index is 0.0592. The van der Waals surface area contributed by atoms with Crippen LogP contribution in [0.4, 0.5) is 0 Å². The van der Waals surface area contributed by atoms with Gasteiger partial charge >= 0.3 is 13.1 Å². The zero-order chi connectivity index (χ0) is 22.0. The third-order valence-corrected chi connectivity index (χ3v) is 7.02. The van der Waals surface area contributed by atoms with Crippen LogP contribution >= 0.6 is 0 Å². The van der Waals surface area contributed by atoms with Gasteiger partial charge < -0.3 is 26.2 Å². The van der Waals surface area contributed by atoms with Crippen LogP contribution in [-0.2, 0) is 17.8 Å². The van der Waals surface area contributed by atoms with Gasteiger partial charge in [0.05, 0.1) is 0 Å². The lowest BCUT2D eigenvalue weighted by Gasteiger charge is -2.45. The SMILES string of the molecule is NC(CCCCB(O)O)(C(=O)O)[C@H]1C[C@@H](NCc2ccc3c(c2)Cc2ccccc2-3)C1. The summed E-state index contributed by atoms with van der Waals surface area (Å²) in [7, 11) is -1.34. The molecule has 0 amide bonds. The van der Waals surface area contributed by atoms with E-state index < -0.39 is 18.6 Å². The Morgan fingerprint density at radius 1 is 1.10 bits per heavy atom. The molecule has 1 unspecified atom stereocenters. The first kappa shape index (κ1) is 22.0. The lowest BCUT2D eigenvalue weighted by molar-refractivity contribution is -0.148. The summed E-state index contributed by atoms with van der Waals surface area (Å²) in [5, 5.41) is 31.1. The number of hydrogen-bond donors (Lipinski definition) is 5. The van der Waals surface area contributed by atoms with Crippen LogP contribution in [0.1, 0.15) is 48.8 Å². The fraction of sp³-hybridized carbons (Fsp3) is 0.458. The summed E-state index contributed by atoms with van der Waals surface area (Å²) >= 11 is 0. The highest BCUT2D eigenvalue weighted by Gasteiger charge is 2.48. The Morgan fingerprint density at radius 2 is 1.84 bits per heavy atom. The van der Waals surface area contributed by atoms with E-state index in [0.717, 1.165) is 25.8 Å². The molecule has 2 aliphatic rings. The number of unbranched alkanes of at least 4 members (excludes halogenated alkanes) is 1. The molecule has 1 saturated carbocycles. The van der Waals surface area contributed by atoms with E-state index in [2.05, 4.69) is 47.8 Å². The highest BCUT2D eigenvalue weighted by Crippen LogP contribution is 2.39. The van der Waals surface area contributed by atoms with Crippen LogP contribution in [0.5, 0.6) is 0 Å². The monoisotopic (exact) mass is 422 g/mol. The highest BCUT2D eigenvalue weighted by atomic mass is 16.4. The van der Waals surface area contributed by atoms with Gasteiger partial charge in [0.15, 0.2) is 0 Å². The summed E-state index contributed by atoms with van der Waals surface area (Å²) in [6, 6.07) is 15.5. The summed E-state index contributed by atoms with van der Waals surface area (Å²) < 4.78 is 0. The van der Waals surface area contributed by atoms with Crippen molar-refractivity contribution < 1.29 is 19.9 Å². The molecule has 0 aromatic heterocycles. The van der Waals surface area contributed by atoms with Gasteiger partial charge in [-0.2, -0.15) is 0 Å². The van der Waals surface area contributed by atoms with E-state index in [1.807, 2.05) is 0 Å². The molecule has 0 spiro atoms. The molecule has 0 saturated heterocycles. The number of carbonyl (C=O) groups is 1. The Morgan fingerprint density at radius 3 is 2.58 bits per heavy atom. The first-order chi connectivity index (χ1) is 14.9. The molecule has 6 nitrogen and oxygen atoms in total. The van der Waals surface area contributed by atoms with Crippen LogP contribution in [0, 0.1) is 5.92 Å². The smallest absolute Gasteiger partial charge is 0.451 e. The summed E-state index contributed by atoms with van der Waals surface area (Å²) in [5.74, 6) is -1.02. The molecule has 0 bridgehead atoms. The van der Waals surface area contributed by atoms with Crippen LogP contribution < -0.4 is 11.1 Å². The standard InChI is InChI=1S/C24H31BN2O4/c26-24(23(28)29,9-3-4-10-25(30)31)19-13-20(14-19)27-15-16-7-8-22-18(11-16)12-17-5-1-2-6-21(17)22/h1-2,5-8,11,19-20,27,30-31H,3-4,9-10,12-15,26H2,(H,28,29)/t19-,20+,24?. The van der Waals surface area contributed by atoms with Gasteiger partial charge in [0.2, 0.25) is 0 Å². The molecule has 164 valence electrons. The quantitative estimate of drug-likeness (QED) is 0.253. The number of nitrogens with one attached hydrogen (secondary N) is 1. The average molecular weight is 422 g/mol. The zero-order valence-corrected chi connectivity index (χ0v) is 17.8. The third kappa shape index (κ3) is 4.70. The van der Waals surface area contributed by atoms with E-state index in [0.29, 0.717) is 19.3 Å². The minimum atomic E-state index is -1.34. The molecule has 7 heteroatoms. The molecule has 1 atom stereocenters. The predicted octanol–water partition coefficient (Wildman–Crippen LogP) is 2.55. The van der Waals surface area contributed by atoms with Crippen molar-refractivity contribution in [3.8, 4) is 11.1 Å². The minimum Gasteiger partial charge on any atom is -0.480 e. The molecule has 0 aliphatic heterocycles. The van der Waals surface area contributed by atoms with Crippen molar-refractivity contribution in [3.05, 3.63) is 59.2 Å². The molecule has 31 heavy (non-hydrogen) atoms. The molecule has 2 aliphatic carbocycles. The van der Waals surface area contributed by atoms with Crippen molar-refractivity contribution in [2.24, 2.45) is 11.7 Å². The fourth-order valence-corrected chi connectivity index (χ4v) is 5.01. The Bertz CT molecular complexity index is 945. The maximum Gasteiger partial charge on any atom is 0.451 e. The zero-order valence-electron chi connectivity index (χ0n) is 17.8. The first-order valence-corrected chi connectivity index (χ1v) is 11.2. The maximum absolute atomic E-state index is 11.8. The number of fused-ring (bicyclic) bond motifs is 3. The first-order valence-electron chi connectivity index (χ1n) is 11.2. The Kier molecular flexibility index (Phi) is 6.48. The van der Waals surface area contributed by atoms with Gasteiger partial charge in [0.25, 0.3) is 0 Å². The molecule has 2 aromatic carbocycles.